The maximum absolute atomic E-state index is 13.3. The highest BCUT2D eigenvalue weighted by Crippen LogP contribution is 2.28. The number of fused-ring (bicyclic) bond motifs is 1. The molecule has 4 aromatic rings. The molecule has 1 aliphatic heterocycles. The number of benzene rings is 3. The number of nitrogens with zero attached hydrogens (tertiary/aromatic N) is 2. The van der Waals surface area contributed by atoms with E-state index >= 15 is 0 Å². The Morgan fingerprint density at radius 1 is 0.946 bits per heavy atom. The minimum atomic E-state index is 0.150. The number of rotatable bonds is 7. The van der Waals surface area contributed by atoms with E-state index < -0.39 is 0 Å². The Morgan fingerprint density at radius 2 is 1.76 bits per heavy atom. The van der Waals surface area contributed by atoms with Crippen molar-refractivity contribution in [3.05, 3.63) is 102 Å². The number of aromatic nitrogens is 1. The molecule has 1 saturated heterocycles. The number of para-hydroxylation sites is 1. The Bertz CT molecular complexity index is 1310. The van der Waals surface area contributed by atoms with Crippen LogP contribution in [0.5, 0.6) is 0 Å². The van der Waals surface area contributed by atoms with Gasteiger partial charge in [-0.25, -0.2) is 0 Å². The zero-order valence-electron chi connectivity index (χ0n) is 21.5. The number of nitrogens with one attached hydrogen (secondary N) is 1. The molecule has 1 fully saturated rings. The molecule has 1 atom stereocenters. The molecule has 1 aromatic heterocycles. The fourth-order valence-corrected chi connectivity index (χ4v) is 5.86. The third-order valence-corrected chi connectivity index (χ3v) is 8.24. The number of carbonyl (C=O) groups excluding carboxylic acids is 1. The van der Waals surface area contributed by atoms with E-state index in [4.69, 9.17) is 0 Å². The van der Waals surface area contributed by atoms with Gasteiger partial charge in [-0.15, -0.1) is 0 Å². The van der Waals surface area contributed by atoms with Gasteiger partial charge in [0, 0.05) is 35.9 Å². The first-order valence-electron chi connectivity index (χ1n) is 13.4. The number of likely N-dealkylation sites (tertiary alicyclic amines) is 1. The van der Waals surface area contributed by atoms with Crippen LogP contribution in [0, 0.1) is 12.8 Å². The predicted molar refractivity (Wildman–Crippen MR) is 155 cm³/mol. The van der Waals surface area contributed by atoms with Gasteiger partial charge in [0.1, 0.15) is 0 Å². The zero-order chi connectivity index (χ0) is 25.5. The topological polar surface area (TPSA) is 45.2 Å². The highest BCUT2D eigenvalue weighted by Gasteiger charge is 2.20. The lowest BCUT2D eigenvalue weighted by molar-refractivity contribution is 0.0728. The molecular weight excluding hydrogens is 474 g/mol. The smallest absolute Gasteiger partial charge is 0.253 e. The zero-order valence-corrected chi connectivity index (χ0v) is 22.3. The molecule has 4 nitrogen and oxygen atoms in total. The molecule has 190 valence electrons. The predicted octanol–water partition coefficient (Wildman–Crippen LogP) is 7.93. The van der Waals surface area contributed by atoms with Gasteiger partial charge in [0.25, 0.3) is 5.91 Å². The Kier molecular flexibility index (Phi) is 8.42. The second kappa shape index (κ2) is 12.3. The van der Waals surface area contributed by atoms with Crippen molar-refractivity contribution in [2.45, 2.75) is 50.3 Å². The van der Waals surface area contributed by atoms with E-state index in [0.29, 0.717) is 5.92 Å². The Labute approximate surface area is 224 Å². The van der Waals surface area contributed by atoms with Gasteiger partial charge in [-0.2, -0.15) is 0 Å². The number of hydrogen-bond donors (Lipinski definition) is 1. The average molecular weight is 510 g/mol. The fraction of sp³-hybridized carbons (Fsp3) is 0.312. The summed E-state index contributed by atoms with van der Waals surface area (Å²) in [6.45, 7) is 3.84. The molecule has 0 saturated carbocycles. The lowest BCUT2D eigenvalue weighted by Gasteiger charge is -2.29. The summed E-state index contributed by atoms with van der Waals surface area (Å²) in [4.78, 5) is 21.0. The summed E-state index contributed by atoms with van der Waals surface area (Å²) in [5.74, 6) is 0.834. The van der Waals surface area contributed by atoms with Crippen molar-refractivity contribution in [1.82, 2.24) is 9.88 Å². The number of amides is 1. The Hall–Kier alpha value is -3.31. The van der Waals surface area contributed by atoms with Crippen LogP contribution in [-0.4, -0.2) is 28.9 Å². The highest BCUT2D eigenvalue weighted by atomic mass is 32.2. The molecule has 5 heteroatoms. The van der Waals surface area contributed by atoms with Crippen LogP contribution < -0.4 is 4.72 Å². The van der Waals surface area contributed by atoms with Crippen molar-refractivity contribution in [2.24, 2.45) is 5.92 Å². The van der Waals surface area contributed by atoms with E-state index in [1.165, 1.54) is 30.4 Å². The molecule has 2 heterocycles. The van der Waals surface area contributed by atoms with Crippen LogP contribution in [0.15, 0.2) is 90.0 Å². The number of aryl methyl sites for hydroxylation is 2. The molecule has 1 unspecified atom stereocenters. The van der Waals surface area contributed by atoms with Gasteiger partial charge in [0.15, 0.2) is 0 Å². The minimum absolute atomic E-state index is 0.150. The van der Waals surface area contributed by atoms with E-state index in [9.17, 15) is 4.79 Å². The first-order chi connectivity index (χ1) is 18.2. The normalized spacial score (nSPS) is 16.2. The lowest BCUT2D eigenvalue weighted by Crippen LogP contribution is -2.35. The van der Waals surface area contributed by atoms with Crippen molar-refractivity contribution < 1.29 is 4.79 Å². The standard InChI is InChI=1S/C32H35N3OS/c1-24-10-12-26(13-11-24)15-14-25-6-2-3-22-35(23-20-25)32(36)28-16-18-29(19-17-28)34-37-30-9-4-7-27-8-5-21-33-31(27)30/h4-5,7-13,16-19,21,25,34H,2-3,6,14-15,20,22-23H2,1H3. The van der Waals surface area contributed by atoms with E-state index in [2.05, 4.69) is 64.0 Å². The second-order valence-corrected chi connectivity index (χ2v) is 10.9. The third kappa shape index (κ3) is 6.72. The summed E-state index contributed by atoms with van der Waals surface area (Å²) in [6.07, 6.45) is 8.80. The van der Waals surface area contributed by atoms with Crippen LogP contribution in [0.4, 0.5) is 5.69 Å². The molecule has 1 aliphatic rings. The van der Waals surface area contributed by atoms with Crippen molar-refractivity contribution in [3.8, 4) is 0 Å². The molecule has 0 radical (unpaired) electrons. The van der Waals surface area contributed by atoms with Crippen LogP contribution >= 0.6 is 11.9 Å². The first-order valence-corrected chi connectivity index (χ1v) is 14.2. The molecule has 37 heavy (non-hydrogen) atoms. The van der Waals surface area contributed by atoms with Crippen molar-refractivity contribution in [1.29, 1.82) is 0 Å². The van der Waals surface area contributed by atoms with Gasteiger partial charge >= 0.3 is 0 Å². The van der Waals surface area contributed by atoms with Gasteiger partial charge in [-0.1, -0.05) is 60.9 Å². The summed E-state index contributed by atoms with van der Waals surface area (Å²) in [5.41, 5.74) is 5.46. The molecular formula is C32H35N3OS. The summed E-state index contributed by atoms with van der Waals surface area (Å²) in [5, 5.41) is 1.13. The van der Waals surface area contributed by atoms with E-state index in [1.807, 2.05) is 42.6 Å². The van der Waals surface area contributed by atoms with E-state index in [-0.39, 0.29) is 5.91 Å². The number of hydrogen-bond acceptors (Lipinski definition) is 4. The van der Waals surface area contributed by atoms with Crippen LogP contribution in [-0.2, 0) is 6.42 Å². The minimum Gasteiger partial charge on any atom is -0.339 e. The molecule has 1 amide bonds. The van der Waals surface area contributed by atoms with Crippen molar-refractivity contribution >= 4 is 34.4 Å². The van der Waals surface area contributed by atoms with Crippen LogP contribution in [0.25, 0.3) is 10.9 Å². The Balaban J connectivity index is 1.15. The first kappa shape index (κ1) is 25.3. The van der Waals surface area contributed by atoms with E-state index in [1.54, 1.807) is 11.9 Å². The van der Waals surface area contributed by atoms with Crippen LogP contribution in [0.2, 0.25) is 0 Å². The lowest BCUT2D eigenvalue weighted by atomic mass is 9.90. The number of carbonyl (C=O) groups is 1. The van der Waals surface area contributed by atoms with Gasteiger partial charge in [0.05, 0.1) is 10.4 Å². The van der Waals surface area contributed by atoms with Crippen LogP contribution in [0.1, 0.15) is 53.6 Å². The summed E-state index contributed by atoms with van der Waals surface area (Å²) >= 11 is 1.55. The monoisotopic (exact) mass is 509 g/mol. The van der Waals surface area contributed by atoms with Crippen molar-refractivity contribution in [3.63, 3.8) is 0 Å². The van der Waals surface area contributed by atoms with Gasteiger partial charge in [0.2, 0.25) is 0 Å². The molecule has 5 rings (SSSR count). The molecule has 0 bridgehead atoms. The highest BCUT2D eigenvalue weighted by molar-refractivity contribution is 8.00. The number of anilines is 1. The maximum atomic E-state index is 13.3. The Morgan fingerprint density at radius 3 is 2.59 bits per heavy atom. The fourth-order valence-electron chi connectivity index (χ4n) is 5.08. The SMILES string of the molecule is Cc1ccc(CCC2CCCCN(C(=O)c3ccc(NSc4cccc5cccnc45)cc3)CC2)cc1. The molecule has 0 aliphatic carbocycles. The van der Waals surface area contributed by atoms with Crippen LogP contribution in [0.3, 0.4) is 0 Å². The molecule has 0 spiro atoms. The molecule has 3 aromatic carbocycles. The molecule has 1 N–H and O–H groups in total. The largest absolute Gasteiger partial charge is 0.339 e. The maximum Gasteiger partial charge on any atom is 0.253 e. The van der Waals surface area contributed by atoms with Gasteiger partial charge < -0.3 is 9.62 Å². The second-order valence-electron chi connectivity index (χ2n) is 10.1. The summed E-state index contributed by atoms with van der Waals surface area (Å²) in [7, 11) is 0. The quantitative estimate of drug-likeness (QED) is 0.257. The van der Waals surface area contributed by atoms with Gasteiger partial charge in [-0.05, 0) is 92.4 Å². The summed E-state index contributed by atoms with van der Waals surface area (Å²) in [6, 6.07) is 27.0. The van der Waals surface area contributed by atoms with Crippen molar-refractivity contribution in [2.75, 3.05) is 17.8 Å². The van der Waals surface area contributed by atoms with E-state index in [0.717, 1.165) is 59.4 Å². The third-order valence-electron chi connectivity index (χ3n) is 7.35. The average Bonchev–Trinajstić information content (AvgIpc) is 2.92. The number of pyridine rings is 1. The summed E-state index contributed by atoms with van der Waals surface area (Å²) < 4.78 is 3.41. The van der Waals surface area contributed by atoms with Gasteiger partial charge in [-0.3, -0.25) is 9.78 Å².